The second-order valence-electron chi connectivity index (χ2n) is 4.80. The Hall–Kier alpha value is -1.61. The molecule has 0 fully saturated rings. The first kappa shape index (κ1) is 13.8. The molecule has 0 saturated carbocycles. The van der Waals surface area contributed by atoms with Crippen molar-refractivity contribution in [2.24, 2.45) is 0 Å². The summed E-state index contributed by atoms with van der Waals surface area (Å²) in [5, 5.41) is 7.85. The van der Waals surface area contributed by atoms with Crippen molar-refractivity contribution in [2.75, 3.05) is 6.54 Å². The molecule has 1 aromatic carbocycles. The quantitative estimate of drug-likeness (QED) is 0.824. The third-order valence-corrected chi connectivity index (χ3v) is 3.22. The molecule has 0 atom stereocenters. The molecule has 0 aliphatic heterocycles. The van der Waals surface area contributed by atoms with Crippen LogP contribution in [0.5, 0.6) is 0 Å². The number of hydrogen-bond donors (Lipinski definition) is 1. The molecule has 0 aliphatic rings. The number of nitrogens with zero attached hydrogens (tertiary/aromatic N) is 2. The van der Waals surface area contributed by atoms with Crippen LogP contribution < -0.4 is 5.32 Å². The summed E-state index contributed by atoms with van der Waals surface area (Å²) in [7, 11) is 0. The van der Waals surface area contributed by atoms with Gasteiger partial charge in [0.05, 0.1) is 11.4 Å². The lowest BCUT2D eigenvalue weighted by atomic mass is 10.1. The van der Waals surface area contributed by atoms with Crippen LogP contribution in [0.15, 0.2) is 36.5 Å². The van der Waals surface area contributed by atoms with E-state index in [2.05, 4.69) is 54.6 Å². The molecule has 2 aromatic rings. The first-order valence-corrected chi connectivity index (χ1v) is 7.18. The highest BCUT2D eigenvalue weighted by Crippen LogP contribution is 2.11. The Morgan fingerprint density at radius 1 is 1.11 bits per heavy atom. The molecule has 0 spiro atoms. The van der Waals surface area contributed by atoms with Gasteiger partial charge in [-0.05, 0) is 43.1 Å². The number of benzene rings is 1. The van der Waals surface area contributed by atoms with Crippen LogP contribution in [-0.4, -0.2) is 16.3 Å². The van der Waals surface area contributed by atoms with Crippen LogP contribution in [0, 0.1) is 0 Å². The molecular weight excluding hydrogens is 234 g/mol. The van der Waals surface area contributed by atoms with E-state index >= 15 is 0 Å². The molecule has 1 aromatic heterocycles. The summed E-state index contributed by atoms with van der Waals surface area (Å²) < 4.78 is 1.94. The summed E-state index contributed by atoms with van der Waals surface area (Å²) in [5.41, 5.74) is 3.62. The third-order valence-electron chi connectivity index (χ3n) is 3.22. The minimum absolute atomic E-state index is 0.831. The summed E-state index contributed by atoms with van der Waals surface area (Å²) in [6.45, 7) is 6.13. The number of aromatic nitrogens is 2. The molecule has 0 aliphatic carbocycles. The molecule has 0 saturated heterocycles. The average molecular weight is 257 g/mol. The SMILES string of the molecule is CCCCc1ccc(-n2ccc(CNCC)n2)cc1. The van der Waals surface area contributed by atoms with Crippen molar-refractivity contribution in [1.29, 1.82) is 0 Å². The molecule has 19 heavy (non-hydrogen) atoms. The first-order chi connectivity index (χ1) is 9.33. The minimum Gasteiger partial charge on any atom is -0.311 e. The van der Waals surface area contributed by atoms with Gasteiger partial charge in [-0.25, -0.2) is 4.68 Å². The van der Waals surface area contributed by atoms with Gasteiger partial charge in [-0.15, -0.1) is 0 Å². The van der Waals surface area contributed by atoms with Crippen LogP contribution in [0.25, 0.3) is 5.69 Å². The molecular formula is C16H23N3. The van der Waals surface area contributed by atoms with E-state index in [1.807, 2.05) is 10.9 Å². The number of hydrogen-bond acceptors (Lipinski definition) is 2. The lowest BCUT2D eigenvalue weighted by Gasteiger charge is -2.04. The molecule has 2 rings (SSSR count). The summed E-state index contributed by atoms with van der Waals surface area (Å²) in [6, 6.07) is 10.8. The predicted octanol–water partition coefficient (Wildman–Crippen LogP) is 3.32. The zero-order valence-electron chi connectivity index (χ0n) is 11.9. The fourth-order valence-electron chi connectivity index (χ4n) is 2.05. The Bertz CT molecular complexity index is 485. The largest absolute Gasteiger partial charge is 0.311 e. The third kappa shape index (κ3) is 3.93. The molecule has 1 heterocycles. The van der Waals surface area contributed by atoms with Crippen LogP contribution in [0.2, 0.25) is 0 Å². The second-order valence-corrected chi connectivity index (χ2v) is 4.80. The summed E-state index contributed by atoms with van der Waals surface area (Å²) in [4.78, 5) is 0. The van der Waals surface area contributed by atoms with Gasteiger partial charge >= 0.3 is 0 Å². The van der Waals surface area contributed by atoms with Gasteiger partial charge in [-0.2, -0.15) is 5.10 Å². The fraction of sp³-hybridized carbons (Fsp3) is 0.438. The highest BCUT2D eigenvalue weighted by Gasteiger charge is 2.01. The Labute approximate surface area is 115 Å². The Kier molecular flexibility index (Phi) is 5.16. The first-order valence-electron chi connectivity index (χ1n) is 7.18. The number of aryl methyl sites for hydroxylation is 1. The Morgan fingerprint density at radius 2 is 1.89 bits per heavy atom. The van der Waals surface area contributed by atoms with Crippen molar-refractivity contribution in [2.45, 2.75) is 39.7 Å². The lowest BCUT2D eigenvalue weighted by Crippen LogP contribution is -2.12. The molecule has 0 bridgehead atoms. The van der Waals surface area contributed by atoms with Gasteiger partial charge in [0.1, 0.15) is 0 Å². The standard InChI is InChI=1S/C16H23N3/c1-3-5-6-14-7-9-16(10-8-14)19-12-11-15(18-19)13-17-4-2/h7-12,17H,3-6,13H2,1-2H3. The van der Waals surface area contributed by atoms with Crippen molar-refractivity contribution in [3.05, 3.63) is 47.8 Å². The highest BCUT2D eigenvalue weighted by atomic mass is 15.3. The monoisotopic (exact) mass is 257 g/mol. The van der Waals surface area contributed by atoms with Crippen LogP contribution >= 0.6 is 0 Å². The maximum Gasteiger partial charge on any atom is 0.0766 e. The van der Waals surface area contributed by atoms with E-state index in [0.717, 1.165) is 24.5 Å². The lowest BCUT2D eigenvalue weighted by molar-refractivity contribution is 0.696. The topological polar surface area (TPSA) is 29.9 Å². The number of unbranched alkanes of at least 4 members (excludes halogenated alkanes) is 1. The highest BCUT2D eigenvalue weighted by molar-refractivity contribution is 5.34. The van der Waals surface area contributed by atoms with Gasteiger partial charge in [0.2, 0.25) is 0 Å². The molecule has 102 valence electrons. The van der Waals surface area contributed by atoms with E-state index < -0.39 is 0 Å². The van der Waals surface area contributed by atoms with Crippen molar-refractivity contribution in [3.63, 3.8) is 0 Å². The molecule has 0 radical (unpaired) electrons. The second kappa shape index (κ2) is 7.10. The fourth-order valence-corrected chi connectivity index (χ4v) is 2.05. The normalized spacial score (nSPS) is 10.8. The van der Waals surface area contributed by atoms with E-state index in [0.29, 0.717) is 0 Å². The van der Waals surface area contributed by atoms with Crippen LogP contribution in [0.1, 0.15) is 37.9 Å². The summed E-state index contributed by atoms with van der Waals surface area (Å²) in [5.74, 6) is 0. The summed E-state index contributed by atoms with van der Waals surface area (Å²) in [6.07, 6.45) is 5.69. The molecule has 1 N–H and O–H groups in total. The van der Waals surface area contributed by atoms with E-state index in [9.17, 15) is 0 Å². The van der Waals surface area contributed by atoms with Gasteiger partial charge in [0.15, 0.2) is 0 Å². The molecule has 3 nitrogen and oxygen atoms in total. The van der Waals surface area contributed by atoms with Gasteiger partial charge in [-0.1, -0.05) is 32.4 Å². The van der Waals surface area contributed by atoms with Crippen molar-refractivity contribution in [1.82, 2.24) is 15.1 Å². The molecule has 0 amide bonds. The zero-order chi connectivity index (χ0) is 13.5. The van der Waals surface area contributed by atoms with E-state index in [1.165, 1.54) is 24.8 Å². The molecule has 3 heteroatoms. The van der Waals surface area contributed by atoms with Crippen LogP contribution in [0.3, 0.4) is 0 Å². The number of rotatable bonds is 7. The van der Waals surface area contributed by atoms with E-state index in [4.69, 9.17) is 0 Å². The Balaban J connectivity index is 2.02. The van der Waals surface area contributed by atoms with Gasteiger partial charge < -0.3 is 5.32 Å². The zero-order valence-corrected chi connectivity index (χ0v) is 11.9. The van der Waals surface area contributed by atoms with Gasteiger partial charge in [-0.3, -0.25) is 0 Å². The van der Waals surface area contributed by atoms with Gasteiger partial charge in [0.25, 0.3) is 0 Å². The number of nitrogens with one attached hydrogen (secondary N) is 1. The smallest absolute Gasteiger partial charge is 0.0766 e. The van der Waals surface area contributed by atoms with Crippen LogP contribution in [0.4, 0.5) is 0 Å². The van der Waals surface area contributed by atoms with Crippen molar-refractivity contribution < 1.29 is 0 Å². The van der Waals surface area contributed by atoms with Crippen LogP contribution in [-0.2, 0) is 13.0 Å². The predicted molar refractivity (Wildman–Crippen MR) is 79.6 cm³/mol. The minimum atomic E-state index is 0.831. The maximum atomic E-state index is 4.56. The maximum absolute atomic E-state index is 4.56. The van der Waals surface area contributed by atoms with E-state index in [1.54, 1.807) is 0 Å². The molecule has 0 unspecified atom stereocenters. The summed E-state index contributed by atoms with van der Waals surface area (Å²) >= 11 is 0. The van der Waals surface area contributed by atoms with Crippen molar-refractivity contribution in [3.8, 4) is 5.69 Å². The van der Waals surface area contributed by atoms with Crippen molar-refractivity contribution >= 4 is 0 Å². The van der Waals surface area contributed by atoms with Gasteiger partial charge in [0, 0.05) is 12.7 Å². The average Bonchev–Trinajstić information content (AvgIpc) is 2.92. The Morgan fingerprint density at radius 3 is 2.58 bits per heavy atom. The van der Waals surface area contributed by atoms with E-state index in [-0.39, 0.29) is 0 Å².